The molecule has 1 saturated heterocycles. The quantitative estimate of drug-likeness (QED) is 0.883. The van der Waals surface area contributed by atoms with E-state index in [9.17, 15) is 4.79 Å². The molecule has 0 unspecified atom stereocenters. The summed E-state index contributed by atoms with van der Waals surface area (Å²) in [7, 11) is 0. The molecule has 1 fully saturated rings. The summed E-state index contributed by atoms with van der Waals surface area (Å²) in [6.45, 7) is 9.37. The van der Waals surface area contributed by atoms with Crippen LogP contribution in [0.4, 0.5) is 5.82 Å². The first-order chi connectivity index (χ1) is 12.2. The summed E-state index contributed by atoms with van der Waals surface area (Å²) in [6.07, 6.45) is 3.45. The highest BCUT2D eigenvalue weighted by Crippen LogP contribution is 2.15. The fourth-order valence-corrected chi connectivity index (χ4v) is 2.90. The summed E-state index contributed by atoms with van der Waals surface area (Å²) in [6, 6.07) is 5.56. The molecule has 132 valence electrons. The summed E-state index contributed by atoms with van der Waals surface area (Å²) in [5.74, 6) is 1.25. The van der Waals surface area contributed by atoms with Gasteiger partial charge in [-0.3, -0.25) is 9.78 Å². The third-order valence-corrected chi connectivity index (χ3v) is 4.38. The first-order valence-electron chi connectivity index (χ1n) is 8.66. The molecule has 1 aliphatic heterocycles. The van der Waals surface area contributed by atoms with Gasteiger partial charge in [0.25, 0.3) is 5.91 Å². The zero-order valence-corrected chi connectivity index (χ0v) is 14.8. The molecule has 3 heterocycles. The lowest BCUT2D eigenvalue weighted by molar-refractivity contribution is 0.0945. The first-order valence-corrected chi connectivity index (χ1v) is 8.66. The van der Waals surface area contributed by atoms with Crippen molar-refractivity contribution in [2.24, 2.45) is 0 Å². The smallest absolute Gasteiger partial charge is 0.270 e. The van der Waals surface area contributed by atoms with Gasteiger partial charge in [-0.25, -0.2) is 9.97 Å². The molecule has 3 rings (SSSR count). The van der Waals surface area contributed by atoms with Crippen molar-refractivity contribution in [1.82, 2.24) is 25.2 Å². The summed E-state index contributed by atoms with van der Waals surface area (Å²) in [5.41, 5.74) is 1.36. The Hall–Kier alpha value is -2.54. The maximum atomic E-state index is 12.5. The van der Waals surface area contributed by atoms with Crippen molar-refractivity contribution in [3.63, 3.8) is 0 Å². The van der Waals surface area contributed by atoms with E-state index in [0.717, 1.165) is 44.1 Å². The minimum absolute atomic E-state index is 0.192. The SMILES string of the molecule is CCN1CCN(c2cc(C(=O)NCc3cccnc3)nc(C)n2)CC1. The number of aryl methyl sites for hydroxylation is 1. The number of piperazine rings is 1. The fourth-order valence-electron chi connectivity index (χ4n) is 2.90. The first kappa shape index (κ1) is 17.3. The topological polar surface area (TPSA) is 74.2 Å². The van der Waals surface area contributed by atoms with Gasteiger partial charge in [-0.1, -0.05) is 13.0 Å². The van der Waals surface area contributed by atoms with E-state index in [1.807, 2.05) is 19.1 Å². The molecule has 0 saturated carbocycles. The molecule has 7 heteroatoms. The molecule has 0 aliphatic carbocycles. The van der Waals surface area contributed by atoms with Crippen molar-refractivity contribution in [2.75, 3.05) is 37.6 Å². The Morgan fingerprint density at radius 1 is 1.24 bits per heavy atom. The molecule has 0 aromatic carbocycles. The van der Waals surface area contributed by atoms with Gasteiger partial charge in [0, 0.05) is 51.2 Å². The van der Waals surface area contributed by atoms with E-state index in [1.54, 1.807) is 18.5 Å². The van der Waals surface area contributed by atoms with Gasteiger partial charge in [0.1, 0.15) is 17.3 Å². The Labute approximate surface area is 148 Å². The monoisotopic (exact) mass is 340 g/mol. The molecule has 1 amide bonds. The lowest BCUT2D eigenvalue weighted by Crippen LogP contribution is -2.46. The largest absolute Gasteiger partial charge is 0.354 e. The Balaban J connectivity index is 1.67. The predicted octanol–water partition coefficient (Wildman–Crippen LogP) is 1.25. The molecule has 0 bridgehead atoms. The Bertz CT molecular complexity index is 713. The number of nitrogens with zero attached hydrogens (tertiary/aromatic N) is 5. The second-order valence-electron chi connectivity index (χ2n) is 6.12. The number of likely N-dealkylation sites (N-methyl/N-ethyl adjacent to an activating group) is 1. The second kappa shape index (κ2) is 8.02. The summed E-state index contributed by atoms with van der Waals surface area (Å²) >= 11 is 0. The van der Waals surface area contributed by atoms with Gasteiger partial charge in [-0.15, -0.1) is 0 Å². The minimum Gasteiger partial charge on any atom is -0.354 e. The lowest BCUT2D eigenvalue weighted by Gasteiger charge is -2.34. The molecule has 0 radical (unpaired) electrons. The summed E-state index contributed by atoms with van der Waals surface area (Å²) < 4.78 is 0. The number of pyridine rings is 1. The molecular formula is C18H24N6O. The van der Waals surface area contributed by atoms with Crippen LogP contribution in [-0.4, -0.2) is 58.5 Å². The lowest BCUT2D eigenvalue weighted by atomic mass is 10.2. The van der Waals surface area contributed by atoms with Gasteiger partial charge in [-0.05, 0) is 25.1 Å². The fraction of sp³-hybridized carbons (Fsp3) is 0.444. The van der Waals surface area contributed by atoms with E-state index in [1.165, 1.54) is 0 Å². The number of hydrogen-bond donors (Lipinski definition) is 1. The van der Waals surface area contributed by atoms with E-state index in [2.05, 4.69) is 37.0 Å². The molecular weight excluding hydrogens is 316 g/mol. The number of hydrogen-bond acceptors (Lipinski definition) is 6. The number of carbonyl (C=O) groups excluding carboxylic acids is 1. The van der Waals surface area contributed by atoms with Crippen LogP contribution in [0, 0.1) is 6.92 Å². The van der Waals surface area contributed by atoms with E-state index >= 15 is 0 Å². The van der Waals surface area contributed by atoms with Gasteiger partial charge in [0.15, 0.2) is 0 Å². The van der Waals surface area contributed by atoms with Crippen LogP contribution in [0.2, 0.25) is 0 Å². The Morgan fingerprint density at radius 2 is 2.04 bits per heavy atom. The zero-order chi connectivity index (χ0) is 17.6. The number of amides is 1. The van der Waals surface area contributed by atoms with E-state index in [4.69, 9.17) is 0 Å². The van der Waals surface area contributed by atoms with Gasteiger partial charge < -0.3 is 15.1 Å². The number of carbonyl (C=O) groups is 1. The average Bonchev–Trinajstić information content (AvgIpc) is 2.66. The van der Waals surface area contributed by atoms with Crippen LogP contribution in [0.1, 0.15) is 28.8 Å². The van der Waals surface area contributed by atoms with Crippen LogP contribution >= 0.6 is 0 Å². The Morgan fingerprint density at radius 3 is 2.72 bits per heavy atom. The third kappa shape index (κ3) is 4.51. The second-order valence-corrected chi connectivity index (χ2v) is 6.12. The number of nitrogens with one attached hydrogen (secondary N) is 1. The third-order valence-electron chi connectivity index (χ3n) is 4.38. The van der Waals surface area contributed by atoms with Crippen molar-refractivity contribution in [3.8, 4) is 0 Å². The molecule has 0 spiro atoms. The van der Waals surface area contributed by atoms with Crippen LogP contribution < -0.4 is 10.2 Å². The highest BCUT2D eigenvalue weighted by Gasteiger charge is 2.19. The number of rotatable bonds is 5. The normalized spacial score (nSPS) is 15.2. The van der Waals surface area contributed by atoms with Crippen molar-refractivity contribution in [1.29, 1.82) is 0 Å². The average molecular weight is 340 g/mol. The maximum absolute atomic E-state index is 12.5. The zero-order valence-electron chi connectivity index (χ0n) is 14.8. The highest BCUT2D eigenvalue weighted by molar-refractivity contribution is 5.92. The highest BCUT2D eigenvalue weighted by atomic mass is 16.1. The maximum Gasteiger partial charge on any atom is 0.270 e. The van der Waals surface area contributed by atoms with Crippen molar-refractivity contribution >= 4 is 11.7 Å². The van der Waals surface area contributed by atoms with Gasteiger partial charge >= 0.3 is 0 Å². The van der Waals surface area contributed by atoms with E-state index in [-0.39, 0.29) is 5.91 Å². The van der Waals surface area contributed by atoms with Crippen LogP contribution in [0.15, 0.2) is 30.6 Å². The van der Waals surface area contributed by atoms with Gasteiger partial charge in [0.2, 0.25) is 0 Å². The predicted molar refractivity (Wildman–Crippen MR) is 96.5 cm³/mol. The molecule has 1 aliphatic rings. The molecule has 2 aromatic heterocycles. The molecule has 2 aromatic rings. The van der Waals surface area contributed by atoms with Crippen molar-refractivity contribution in [3.05, 3.63) is 47.7 Å². The summed E-state index contributed by atoms with van der Waals surface area (Å²) in [5, 5.41) is 2.89. The van der Waals surface area contributed by atoms with Crippen molar-refractivity contribution in [2.45, 2.75) is 20.4 Å². The molecule has 0 atom stereocenters. The van der Waals surface area contributed by atoms with Gasteiger partial charge in [-0.2, -0.15) is 0 Å². The summed E-state index contributed by atoms with van der Waals surface area (Å²) in [4.78, 5) is 29.9. The van der Waals surface area contributed by atoms with Crippen LogP contribution in [0.5, 0.6) is 0 Å². The van der Waals surface area contributed by atoms with E-state index in [0.29, 0.717) is 18.1 Å². The molecule has 1 N–H and O–H groups in total. The van der Waals surface area contributed by atoms with Crippen molar-refractivity contribution < 1.29 is 4.79 Å². The Kier molecular flexibility index (Phi) is 5.55. The number of aromatic nitrogens is 3. The number of anilines is 1. The van der Waals surface area contributed by atoms with Gasteiger partial charge in [0.05, 0.1) is 0 Å². The standard InChI is InChI=1S/C18H24N6O/c1-3-23-7-9-24(10-8-23)17-11-16(21-14(2)22-17)18(25)20-13-15-5-4-6-19-12-15/h4-6,11-12H,3,7-10,13H2,1-2H3,(H,20,25). The van der Waals surface area contributed by atoms with E-state index < -0.39 is 0 Å². The van der Waals surface area contributed by atoms with Crippen LogP contribution in [0.3, 0.4) is 0 Å². The molecule has 7 nitrogen and oxygen atoms in total. The van der Waals surface area contributed by atoms with Crippen LogP contribution in [-0.2, 0) is 6.54 Å². The van der Waals surface area contributed by atoms with Crippen LogP contribution in [0.25, 0.3) is 0 Å². The minimum atomic E-state index is -0.192. The molecule has 25 heavy (non-hydrogen) atoms.